The van der Waals surface area contributed by atoms with Crippen LogP contribution < -0.4 is 11.3 Å². The fourth-order valence-electron chi connectivity index (χ4n) is 0.896. The maximum absolute atomic E-state index is 13.1. The minimum atomic E-state index is -0.462. The van der Waals surface area contributed by atoms with Gasteiger partial charge in [-0.15, -0.1) is 0 Å². The van der Waals surface area contributed by atoms with E-state index >= 15 is 0 Å². The number of nitriles is 1. The van der Waals surface area contributed by atoms with Gasteiger partial charge in [0.2, 0.25) is 0 Å². The van der Waals surface area contributed by atoms with Crippen molar-refractivity contribution in [2.75, 3.05) is 5.43 Å². The van der Waals surface area contributed by atoms with Gasteiger partial charge in [-0.2, -0.15) is 5.26 Å². The number of nitrogens with zero attached hydrogens (tertiary/aromatic N) is 1. The Morgan fingerprint density at radius 2 is 2.29 bits per heavy atom. The van der Waals surface area contributed by atoms with E-state index in [2.05, 4.69) is 17.3 Å². The molecule has 0 radical (unpaired) electrons. The zero-order valence-electron chi connectivity index (χ0n) is 7.34. The van der Waals surface area contributed by atoms with E-state index < -0.39 is 5.82 Å². The molecule has 0 heterocycles. The molecule has 4 heteroatoms. The van der Waals surface area contributed by atoms with Gasteiger partial charge in [0.15, 0.2) is 0 Å². The van der Waals surface area contributed by atoms with Gasteiger partial charge in [0.25, 0.3) is 0 Å². The maximum Gasteiger partial charge on any atom is 0.148 e. The summed E-state index contributed by atoms with van der Waals surface area (Å²) < 4.78 is 13.1. The smallest absolute Gasteiger partial charge is 0.148 e. The Kier molecular flexibility index (Phi) is 3.49. The number of nitrogens with two attached hydrogens (primary N) is 1. The summed E-state index contributed by atoms with van der Waals surface area (Å²) in [7, 11) is 0. The molecule has 1 aromatic rings. The first kappa shape index (κ1) is 10.0. The minimum absolute atomic E-state index is 0.137. The van der Waals surface area contributed by atoms with Crippen LogP contribution in [0.2, 0.25) is 0 Å². The highest BCUT2D eigenvalue weighted by atomic mass is 19.1. The van der Waals surface area contributed by atoms with Crippen molar-refractivity contribution in [3.63, 3.8) is 0 Å². The molecule has 3 nitrogen and oxygen atoms in total. The first-order valence-electron chi connectivity index (χ1n) is 3.90. The molecule has 0 spiro atoms. The zero-order valence-corrected chi connectivity index (χ0v) is 7.34. The van der Waals surface area contributed by atoms with Gasteiger partial charge in [-0.25, -0.2) is 4.39 Å². The standard InChI is InChI=1S/C10H8FN3/c11-9-7-8(3-1-2-6-12)4-5-10(9)14-13/h4-5,7,14H,2,13H2. The number of halogens is 1. The van der Waals surface area contributed by atoms with E-state index in [9.17, 15) is 4.39 Å². The van der Waals surface area contributed by atoms with E-state index in [1.807, 2.05) is 6.07 Å². The highest BCUT2D eigenvalue weighted by Crippen LogP contribution is 2.13. The van der Waals surface area contributed by atoms with Crippen LogP contribution in [0.25, 0.3) is 0 Å². The van der Waals surface area contributed by atoms with Crippen LogP contribution >= 0.6 is 0 Å². The van der Waals surface area contributed by atoms with E-state index in [4.69, 9.17) is 11.1 Å². The van der Waals surface area contributed by atoms with Crippen molar-refractivity contribution in [3.05, 3.63) is 29.6 Å². The van der Waals surface area contributed by atoms with Gasteiger partial charge < -0.3 is 5.43 Å². The van der Waals surface area contributed by atoms with Crippen molar-refractivity contribution in [2.45, 2.75) is 6.42 Å². The fraction of sp³-hybridized carbons (Fsp3) is 0.100. The summed E-state index contributed by atoms with van der Waals surface area (Å²) in [4.78, 5) is 0. The summed E-state index contributed by atoms with van der Waals surface area (Å²) in [6.45, 7) is 0. The average Bonchev–Trinajstić information content (AvgIpc) is 2.18. The molecular formula is C10H8FN3. The van der Waals surface area contributed by atoms with E-state index in [0.717, 1.165) is 0 Å². The molecule has 0 saturated carbocycles. The summed E-state index contributed by atoms with van der Waals surface area (Å²) in [5.41, 5.74) is 2.96. The number of benzene rings is 1. The molecule has 0 aliphatic heterocycles. The van der Waals surface area contributed by atoms with Crippen LogP contribution in [0.4, 0.5) is 10.1 Å². The molecule has 0 atom stereocenters. The lowest BCUT2D eigenvalue weighted by molar-refractivity contribution is 0.630. The third-order valence-electron chi connectivity index (χ3n) is 1.52. The first-order chi connectivity index (χ1) is 6.77. The zero-order chi connectivity index (χ0) is 10.4. The number of rotatable bonds is 1. The second kappa shape index (κ2) is 4.86. The summed E-state index contributed by atoms with van der Waals surface area (Å²) in [5, 5.41) is 8.23. The van der Waals surface area contributed by atoms with E-state index in [1.54, 1.807) is 6.07 Å². The van der Waals surface area contributed by atoms with Crippen LogP contribution in [-0.4, -0.2) is 0 Å². The predicted molar refractivity (Wildman–Crippen MR) is 51.3 cm³/mol. The molecule has 70 valence electrons. The van der Waals surface area contributed by atoms with E-state index in [1.165, 1.54) is 12.1 Å². The monoisotopic (exact) mass is 189 g/mol. The van der Waals surface area contributed by atoms with Crippen LogP contribution in [0.3, 0.4) is 0 Å². The topological polar surface area (TPSA) is 61.8 Å². The average molecular weight is 189 g/mol. The first-order valence-corrected chi connectivity index (χ1v) is 3.90. The number of nitrogens with one attached hydrogen (secondary N) is 1. The van der Waals surface area contributed by atoms with Crippen molar-refractivity contribution >= 4 is 5.69 Å². The Morgan fingerprint density at radius 1 is 1.50 bits per heavy atom. The summed E-state index contributed by atoms with van der Waals surface area (Å²) in [6, 6.07) is 6.26. The summed E-state index contributed by atoms with van der Waals surface area (Å²) in [6.07, 6.45) is 0.137. The molecule has 0 bridgehead atoms. The Balaban J connectivity index is 2.89. The molecule has 0 amide bonds. The predicted octanol–water partition coefficient (Wildman–Crippen LogP) is 1.38. The van der Waals surface area contributed by atoms with Gasteiger partial charge in [0, 0.05) is 5.56 Å². The Bertz CT molecular complexity index is 423. The Hall–Kier alpha value is -2.04. The van der Waals surface area contributed by atoms with E-state index in [0.29, 0.717) is 5.56 Å². The van der Waals surface area contributed by atoms with Crippen LogP contribution in [-0.2, 0) is 0 Å². The molecule has 0 aliphatic carbocycles. The molecular weight excluding hydrogens is 181 g/mol. The second-order valence-electron chi connectivity index (χ2n) is 2.48. The van der Waals surface area contributed by atoms with Gasteiger partial charge >= 0.3 is 0 Å². The van der Waals surface area contributed by atoms with Crippen LogP contribution in [0.15, 0.2) is 18.2 Å². The SMILES string of the molecule is N#CCC#Cc1ccc(NN)c(F)c1. The molecule has 0 aliphatic rings. The third kappa shape index (κ3) is 2.48. The summed E-state index contributed by atoms with van der Waals surface area (Å²) in [5.74, 6) is 9.83. The maximum atomic E-state index is 13.1. The molecule has 0 saturated heterocycles. The van der Waals surface area contributed by atoms with Crippen LogP contribution in [0.5, 0.6) is 0 Å². The second-order valence-corrected chi connectivity index (χ2v) is 2.48. The Morgan fingerprint density at radius 3 is 2.86 bits per heavy atom. The van der Waals surface area contributed by atoms with Gasteiger partial charge in [-0.3, -0.25) is 5.84 Å². The number of hydrogen-bond donors (Lipinski definition) is 2. The van der Waals surface area contributed by atoms with Crippen LogP contribution in [0, 0.1) is 29.0 Å². The van der Waals surface area contributed by atoms with Crippen molar-refractivity contribution in [2.24, 2.45) is 5.84 Å². The molecule has 0 unspecified atom stereocenters. The molecule has 14 heavy (non-hydrogen) atoms. The number of hydrazine groups is 1. The van der Waals surface area contributed by atoms with Gasteiger partial charge in [0.1, 0.15) is 5.82 Å². The molecule has 3 N–H and O–H groups in total. The van der Waals surface area contributed by atoms with Gasteiger partial charge in [-0.1, -0.05) is 11.8 Å². The molecule has 1 aromatic carbocycles. The van der Waals surface area contributed by atoms with Gasteiger partial charge in [0.05, 0.1) is 18.2 Å². The molecule has 0 fully saturated rings. The molecule has 0 aromatic heterocycles. The quantitative estimate of drug-likeness (QED) is 0.398. The van der Waals surface area contributed by atoms with Crippen molar-refractivity contribution in [1.29, 1.82) is 5.26 Å². The third-order valence-corrected chi connectivity index (χ3v) is 1.52. The van der Waals surface area contributed by atoms with Crippen molar-refractivity contribution in [3.8, 4) is 17.9 Å². The lowest BCUT2D eigenvalue weighted by Gasteiger charge is -2.00. The van der Waals surface area contributed by atoms with Gasteiger partial charge in [-0.05, 0) is 18.2 Å². The fourth-order valence-corrected chi connectivity index (χ4v) is 0.896. The highest BCUT2D eigenvalue weighted by Gasteiger charge is 1.99. The number of anilines is 1. The molecule has 1 rings (SSSR count). The van der Waals surface area contributed by atoms with Crippen molar-refractivity contribution < 1.29 is 4.39 Å². The minimum Gasteiger partial charge on any atom is -0.321 e. The Labute approximate surface area is 81.3 Å². The lowest BCUT2D eigenvalue weighted by atomic mass is 10.2. The van der Waals surface area contributed by atoms with Crippen molar-refractivity contribution in [1.82, 2.24) is 0 Å². The largest absolute Gasteiger partial charge is 0.321 e. The summed E-state index contributed by atoms with van der Waals surface area (Å²) >= 11 is 0. The van der Waals surface area contributed by atoms with E-state index in [-0.39, 0.29) is 12.1 Å². The number of hydrogen-bond acceptors (Lipinski definition) is 3. The lowest BCUT2D eigenvalue weighted by Crippen LogP contribution is -2.08. The highest BCUT2D eigenvalue weighted by molar-refractivity contribution is 5.48. The number of nitrogen functional groups attached to an aromatic ring is 1. The normalized spacial score (nSPS) is 8.36. The van der Waals surface area contributed by atoms with Crippen LogP contribution in [0.1, 0.15) is 12.0 Å².